The molecule has 0 aromatic heterocycles. The molecule has 0 heterocycles. The highest BCUT2D eigenvalue weighted by Crippen LogP contribution is 2.23. The fourth-order valence-corrected chi connectivity index (χ4v) is 2.69. The first kappa shape index (κ1) is 11.6. The summed E-state index contributed by atoms with van der Waals surface area (Å²) in [7, 11) is 0. The van der Waals surface area contributed by atoms with Crippen LogP contribution in [0.5, 0.6) is 0 Å². The summed E-state index contributed by atoms with van der Waals surface area (Å²) in [4.78, 5) is 11.8. The Morgan fingerprint density at radius 2 is 2.00 bits per heavy atom. The predicted octanol–water partition coefficient (Wildman–Crippen LogP) is 1.59. The summed E-state index contributed by atoms with van der Waals surface area (Å²) < 4.78 is 0. The van der Waals surface area contributed by atoms with Gasteiger partial charge in [-0.3, -0.25) is 4.79 Å². The van der Waals surface area contributed by atoms with Crippen molar-refractivity contribution in [2.75, 3.05) is 6.54 Å². The Labute approximate surface area is 97.5 Å². The van der Waals surface area contributed by atoms with Gasteiger partial charge in [0.1, 0.15) is 0 Å². The smallest absolute Gasteiger partial charge is 0.227 e. The Kier molecular flexibility index (Phi) is 3.99. The van der Waals surface area contributed by atoms with E-state index in [1.807, 2.05) is 12.2 Å². The van der Waals surface area contributed by atoms with E-state index in [2.05, 4.69) is 5.32 Å². The summed E-state index contributed by atoms with van der Waals surface area (Å²) in [6, 6.07) is 0.0745. The van der Waals surface area contributed by atoms with Crippen LogP contribution in [0.4, 0.5) is 0 Å². The normalized spacial score (nSPS) is 30.6. The molecule has 3 nitrogen and oxygen atoms in total. The van der Waals surface area contributed by atoms with Gasteiger partial charge in [-0.05, 0) is 25.2 Å². The Morgan fingerprint density at radius 1 is 1.25 bits per heavy atom. The van der Waals surface area contributed by atoms with Crippen LogP contribution in [0.25, 0.3) is 0 Å². The monoisotopic (exact) mass is 222 g/mol. The molecule has 0 aliphatic heterocycles. The van der Waals surface area contributed by atoms with Gasteiger partial charge in [-0.15, -0.1) is 0 Å². The molecule has 2 rings (SSSR count). The molecule has 2 aliphatic carbocycles. The van der Waals surface area contributed by atoms with Crippen molar-refractivity contribution in [2.45, 2.75) is 44.6 Å². The molecule has 3 N–H and O–H groups in total. The molecule has 0 bridgehead atoms. The topological polar surface area (TPSA) is 55.1 Å². The molecule has 1 saturated carbocycles. The van der Waals surface area contributed by atoms with Gasteiger partial charge >= 0.3 is 0 Å². The molecular weight excluding hydrogens is 200 g/mol. The molecule has 0 saturated heterocycles. The molecule has 1 fully saturated rings. The molecule has 1 amide bonds. The molecule has 0 spiro atoms. The van der Waals surface area contributed by atoms with Crippen LogP contribution in [0.3, 0.4) is 0 Å². The first-order valence-electron chi connectivity index (χ1n) is 6.47. The third-order valence-corrected chi connectivity index (χ3v) is 3.74. The predicted molar refractivity (Wildman–Crippen MR) is 64.8 cm³/mol. The summed E-state index contributed by atoms with van der Waals surface area (Å²) in [6.45, 7) is 0.860. The van der Waals surface area contributed by atoms with Gasteiger partial charge in [-0.1, -0.05) is 31.4 Å². The van der Waals surface area contributed by atoms with Crippen LogP contribution >= 0.6 is 0 Å². The SMILES string of the molecule is NC1C=CC(C(=O)NCC2CCCCC2)C1. The van der Waals surface area contributed by atoms with Crippen molar-refractivity contribution in [1.29, 1.82) is 0 Å². The Balaban J connectivity index is 1.69. The number of nitrogens with two attached hydrogens (primary N) is 1. The number of rotatable bonds is 3. The van der Waals surface area contributed by atoms with Gasteiger partial charge in [-0.2, -0.15) is 0 Å². The molecule has 0 radical (unpaired) electrons. The third kappa shape index (κ3) is 3.08. The van der Waals surface area contributed by atoms with Gasteiger partial charge in [0, 0.05) is 12.6 Å². The van der Waals surface area contributed by atoms with Gasteiger partial charge < -0.3 is 11.1 Å². The Bertz CT molecular complexity index is 269. The largest absolute Gasteiger partial charge is 0.355 e. The number of nitrogens with one attached hydrogen (secondary N) is 1. The lowest BCUT2D eigenvalue weighted by Crippen LogP contribution is -2.34. The van der Waals surface area contributed by atoms with Gasteiger partial charge in [0.25, 0.3) is 0 Å². The molecule has 16 heavy (non-hydrogen) atoms. The Hall–Kier alpha value is -0.830. The second-order valence-corrected chi connectivity index (χ2v) is 5.14. The summed E-state index contributed by atoms with van der Waals surface area (Å²) in [5, 5.41) is 3.07. The van der Waals surface area contributed by atoms with Crippen molar-refractivity contribution in [3.05, 3.63) is 12.2 Å². The van der Waals surface area contributed by atoms with Gasteiger partial charge in [-0.25, -0.2) is 0 Å². The van der Waals surface area contributed by atoms with Crippen molar-refractivity contribution in [3.63, 3.8) is 0 Å². The van der Waals surface area contributed by atoms with E-state index in [0.29, 0.717) is 5.92 Å². The molecule has 2 atom stereocenters. The summed E-state index contributed by atoms with van der Waals surface area (Å²) in [5.41, 5.74) is 5.74. The highest BCUT2D eigenvalue weighted by Gasteiger charge is 2.23. The van der Waals surface area contributed by atoms with Crippen LogP contribution in [0.15, 0.2) is 12.2 Å². The molecule has 90 valence electrons. The lowest BCUT2D eigenvalue weighted by atomic mass is 9.89. The maximum absolute atomic E-state index is 11.8. The van der Waals surface area contributed by atoms with E-state index in [1.54, 1.807) is 0 Å². The van der Waals surface area contributed by atoms with E-state index in [-0.39, 0.29) is 17.9 Å². The molecular formula is C13H22N2O. The van der Waals surface area contributed by atoms with Crippen molar-refractivity contribution in [3.8, 4) is 0 Å². The van der Waals surface area contributed by atoms with E-state index < -0.39 is 0 Å². The highest BCUT2D eigenvalue weighted by molar-refractivity contribution is 5.81. The average Bonchev–Trinajstić information content (AvgIpc) is 2.74. The van der Waals surface area contributed by atoms with Crippen molar-refractivity contribution in [2.24, 2.45) is 17.6 Å². The zero-order valence-corrected chi connectivity index (χ0v) is 9.82. The van der Waals surface area contributed by atoms with E-state index in [0.717, 1.165) is 13.0 Å². The van der Waals surface area contributed by atoms with E-state index >= 15 is 0 Å². The minimum Gasteiger partial charge on any atom is -0.355 e. The molecule has 3 heteroatoms. The zero-order valence-electron chi connectivity index (χ0n) is 9.82. The number of amides is 1. The lowest BCUT2D eigenvalue weighted by molar-refractivity contribution is -0.123. The molecule has 2 unspecified atom stereocenters. The molecule has 2 aliphatic rings. The minimum absolute atomic E-state index is 0.0126. The maximum atomic E-state index is 11.8. The number of hydrogen-bond acceptors (Lipinski definition) is 2. The van der Waals surface area contributed by atoms with E-state index in [1.165, 1.54) is 32.1 Å². The van der Waals surface area contributed by atoms with Crippen molar-refractivity contribution >= 4 is 5.91 Å². The van der Waals surface area contributed by atoms with Crippen LogP contribution in [0.1, 0.15) is 38.5 Å². The average molecular weight is 222 g/mol. The number of carbonyl (C=O) groups excluding carboxylic acids is 1. The summed E-state index contributed by atoms with van der Waals surface area (Å²) >= 11 is 0. The van der Waals surface area contributed by atoms with E-state index in [9.17, 15) is 4.79 Å². The van der Waals surface area contributed by atoms with Crippen LogP contribution in [0.2, 0.25) is 0 Å². The van der Waals surface area contributed by atoms with E-state index in [4.69, 9.17) is 5.73 Å². The number of carbonyl (C=O) groups is 1. The highest BCUT2D eigenvalue weighted by atomic mass is 16.1. The molecule has 0 aromatic carbocycles. The quantitative estimate of drug-likeness (QED) is 0.712. The van der Waals surface area contributed by atoms with Gasteiger partial charge in [0.15, 0.2) is 0 Å². The van der Waals surface area contributed by atoms with Crippen LogP contribution in [-0.4, -0.2) is 18.5 Å². The van der Waals surface area contributed by atoms with Gasteiger partial charge in [0.05, 0.1) is 5.92 Å². The second-order valence-electron chi connectivity index (χ2n) is 5.14. The number of hydrogen-bond donors (Lipinski definition) is 2. The summed E-state index contributed by atoms with van der Waals surface area (Å²) in [5.74, 6) is 0.880. The van der Waals surface area contributed by atoms with Gasteiger partial charge in [0.2, 0.25) is 5.91 Å². The van der Waals surface area contributed by atoms with Crippen molar-refractivity contribution < 1.29 is 4.79 Å². The molecule has 0 aromatic rings. The lowest BCUT2D eigenvalue weighted by Gasteiger charge is -2.22. The van der Waals surface area contributed by atoms with Crippen LogP contribution in [0, 0.1) is 11.8 Å². The Morgan fingerprint density at radius 3 is 2.62 bits per heavy atom. The van der Waals surface area contributed by atoms with Crippen molar-refractivity contribution in [1.82, 2.24) is 5.32 Å². The van der Waals surface area contributed by atoms with Crippen LogP contribution in [-0.2, 0) is 4.79 Å². The fourth-order valence-electron chi connectivity index (χ4n) is 2.69. The first-order valence-corrected chi connectivity index (χ1v) is 6.47. The third-order valence-electron chi connectivity index (χ3n) is 3.74. The maximum Gasteiger partial charge on any atom is 0.227 e. The summed E-state index contributed by atoms with van der Waals surface area (Å²) in [6.07, 6.45) is 11.2. The van der Waals surface area contributed by atoms with Crippen LogP contribution < -0.4 is 11.1 Å². The first-order chi connectivity index (χ1) is 7.75. The standard InChI is InChI=1S/C13H22N2O/c14-12-7-6-11(8-12)13(16)15-9-10-4-2-1-3-5-10/h6-7,10-12H,1-5,8-9,14H2,(H,15,16). The zero-order chi connectivity index (χ0) is 11.4. The fraction of sp³-hybridized carbons (Fsp3) is 0.769. The minimum atomic E-state index is 0.0126. The second kappa shape index (κ2) is 5.48.